The molecule has 5 nitrogen and oxygen atoms in total. The maximum absolute atomic E-state index is 10.3. The van der Waals surface area contributed by atoms with Crippen LogP contribution >= 0.6 is 15.9 Å². The van der Waals surface area contributed by atoms with Gasteiger partial charge in [-0.15, -0.1) is 0 Å². The van der Waals surface area contributed by atoms with Crippen molar-refractivity contribution in [2.75, 3.05) is 0 Å². The van der Waals surface area contributed by atoms with Crippen LogP contribution in [0.5, 0.6) is 0 Å². The van der Waals surface area contributed by atoms with Gasteiger partial charge in [0.05, 0.1) is 0 Å². The first-order valence-electron chi connectivity index (χ1n) is 2.34. The zero-order chi connectivity index (χ0) is 9.23. The molecule has 12 heavy (non-hydrogen) atoms. The van der Waals surface area contributed by atoms with Gasteiger partial charge in [-0.3, -0.25) is 4.55 Å². The van der Waals surface area contributed by atoms with Crippen molar-refractivity contribution < 1.29 is 22.9 Å². The zero-order valence-corrected chi connectivity index (χ0v) is 13.0. The quantitative estimate of drug-likeness (QED) is 0.405. The Bertz CT molecular complexity index is 301. The van der Waals surface area contributed by atoms with Gasteiger partial charge in [-0.05, 0) is 6.92 Å². The molecule has 0 saturated heterocycles. The summed E-state index contributed by atoms with van der Waals surface area (Å²) in [4.78, 5) is 9.12. The fraction of sp³-hybridized carbons (Fsp3) is 0.250. The summed E-state index contributed by atoms with van der Waals surface area (Å²) in [6.07, 6.45) is 0. The molecular formula is C4H5BaBrO5S+2. The number of carboxylic acid groups (broad SMARTS) is 1. The van der Waals surface area contributed by atoms with Crippen LogP contribution in [0.3, 0.4) is 0 Å². The van der Waals surface area contributed by atoms with Gasteiger partial charge in [0.15, 0.2) is 4.91 Å². The Balaban J connectivity index is 0. The fourth-order valence-electron chi connectivity index (χ4n) is 0.435. The average Bonchev–Trinajstić information content (AvgIpc) is 1.54. The van der Waals surface area contributed by atoms with Crippen molar-refractivity contribution >= 4 is 80.9 Å². The molecule has 0 unspecified atom stereocenters. The van der Waals surface area contributed by atoms with E-state index in [-0.39, 0.29) is 53.4 Å². The molecule has 0 bridgehead atoms. The number of carboxylic acids is 1. The van der Waals surface area contributed by atoms with Gasteiger partial charge in [0, 0.05) is 4.48 Å². The molecule has 0 aliphatic carbocycles. The summed E-state index contributed by atoms with van der Waals surface area (Å²) in [5.74, 6) is -1.69. The van der Waals surface area contributed by atoms with Crippen molar-refractivity contribution in [2.45, 2.75) is 6.92 Å². The summed E-state index contributed by atoms with van der Waals surface area (Å²) in [6.45, 7) is 1.21. The van der Waals surface area contributed by atoms with Crippen LogP contribution in [-0.4, -0.2) is 72.9 Å². The molecule has 0 aliphatic rings. The summed E-state index contributed by atoms with van der Waals surface area (Å²) >= 11 is 2.64. The van der Waals surface area contributed by atoms with E-state index >= 15 is 0 Å². The minimum Gasteiger partial charge on any atom is -0.477 e. The van der Waals surface area contributed by atoms with E-state index in [9.17, 15) is 13.2 Å². The van der Waals surface area contributed by atoms with Gasteiger partial charge < -0.3 is 5.11 Å². The molecule has 0 aromatic rings. The van der Waals surface area contributed by atoms with Crippen LogP contribution in [0.2, 0.25) is 0 Å². The molecule has 64 valence electrons. The first-order valence-corrected chi connectivity index (χ1v) is 4.57. The van der Waals surface area contributed by atoms with Gasteiger partial charge >= 0.3 is 65.0 Å². The van der Waals surface area contributed by atoms with E-state index in [1.54, 1.807) is 0 Å². The van der Waals surface area contributed by atoms with E-state index in [2.05, 4.69) is 15.9 Å². The van der Waals surface area contributed by atoms with E-state index in [0.29, 0.717) is 0 Å². The molecule has 0 rings (SSSR count). The Morgan fingerprint density at radius 1 is 1.42 bits per heavy atom. The first kappa shape index (κ1) is 15.6. The Morgan fingerprint density at radius 2 is 1.75 bits per heavy atom. The van der Waals surface area contributed by atoms with Gasteiger partial charge in [0.2, 0.25) is 0 Å². The molecule has 0 aromatic heterocycles. The summed E-state index contributed by atoms with van der Waals surface area (Å²) in [5.41, 5.74) is 0. The van der Waals surface area contributed by atoms with Gasteiger partial charge in [0.25, 0.3) is 0 Å². The number of halogens is 1. The van der Waals surface area contributed by atoms with Gasteiger partial charge in [-0.2, -0.15) is 8.42 Å². The van der Waals surface area contributed by atoms with Crippen LogP contribution in [0, 0.1) is 0 Å². The van der Waals surface area contributed by atoms with Crippen LogP contribution in [-0.2, 0) is 14.9 Å². The van der Waals surface area contributed by atoms with Crippen LogP contribution in [0.25, 0.3) is 0 Å². The van der Waals surface area contributed by atoms with E-state index in [1.807, 2.05) is 0 Å². The molecule has 0 heterocycles. The molecule has 0 radical (unpaired) electrons. The van der Waals surface area contributed by atoms with Crippen molar-refractivity contribution in [1.82, 2.24) is 0 Å². The van der Waals surface area contributed by atoms with Crippen molar-refractivity contribution in [3.8, 4) is 0 Å². The van der Waals surface area contributed by atoms with Crippen molar-refractivity contribution in [1.29, 1.82) is 0 Å². The minimum atomic E-state index is -4.63. The third kappa shape index (κ3) is 5.02. The van der Waals surface area contributed by atoms with Crippen LogP contribution in [0.1, 0.15) is 6.92 Å². The van der Waals surface area contributed by atoms with Crippen LogP contribution in [0.4, 0.5) is 0 Å². The molecule has 0 fully saturated rings. The largest absolute Gasteiger partial charge is 2.00 e. The van der Waals surface area contributed by atoms with Crippen molar-refractivity contribution in [3.05, 3.63) is 9.39 Å². The Labute approximate surface area is 118 Å². The van der Waals surface area contributed by atoms with E-state index in [0.717, 1.165) is 0 Å². The van der Waals surface area contributed by atoms with Crippen molar-refractivity contribution in [3.63, 3.8) is 0 Å². The summed E-state index contributed by atoms with van der Waals surface area (Å²) in [5, 5.41) is 8.25. The van der Waals surface area contributed by atoms with Crippen LogP contribution < -0.4 is 0 Å². The van der Waals surface area contributed by atoms with Gasteiger partial charge in [-0.25, -0.2) is 4.79 Å². The first-order chi connectivity index (χ1) is 4.76. The smallest absolute Gasteiger partial charge is 0.477 e. The summed E-state index contributed by atoms with van der Waals surface area (Å²) < 4.78 is 28.8. The molecule has 0 aliphatic heterocycles. The maximum atomic E-state index is 10.3. The molecular weight excluding hydrogens is 377 g/mol. The predicted molar refractivity (Wildman–Crippen MR) is 46.6 cm³/mol. The van der Waals surface area contributed by atoms with Gasteiger partial charge in [0.1, 0.15) is 0 Å². The number of allylic oxidation sites excluding steroid dienone is 1. The summed E-state index contributed by atoms with van der Waals surface area (Å²) in [7, 11) is -4.63. The monoisotopic (exact) mass is 382 g/mol. The molecule has 0 amide bonds. The van der Waals surface area contributed by atoms with E-state index in [4.69, 9.17) is 9.66 Å². The normalized spacial score (nSPS) is 12.9. The second-order valence-corrected chi connectivity index (χ2v) is 4.19. The Kier molecular flexibility index (Phi) is 7.57. The Morgan fingerprint density at radius 3 is 1.75 bits per heavy atom. The van der Waals surface area contributed by atoms with E-state index < -0.39 is 21.0 Å². The molecule has 0 atom stereocenters. The standard InChI is InChI=1S/C4H5BrO5S.Ba/c1-2(5)3(4(6)7)11(8,9)10;/h1H3,(H,6,7)(H,8,9,10);/q;+2/b3-2-;. The van der Waals surface area contributed by atoms with Crippen LogP contribution in [0.15, 0.2) is 9.39 Å². The molecule has 0 aromatic carbocycles. The fourth-order valence-corrected chi connectivity index (χ4v) is 1.79. The van der Waals surface area contributed by atoms with E-state index in [1.165, 1.54) is 6.92 Å². The second-order valence-electron chi connectivity index (χ2n) is 1.64. The number of rotatable bonds is 2. The Hall–Kier alpha value is 1.17. The summed E-state index contributed by atoms with van der Waals surface area (Å²) in [6, 6.07) is 0. The van der Waals surface area contributed by atoms with Gasteiger partial charge in [-0.1, -0.05) is 15.9 Å². The minimum absolute atomic E-state index is 0. The second kappa shape index (κ2) is 5.81. The molecule has 2 N–H and O–H groups in total. The average molecular weight is 382 g/mol. The molecule has 0 saturated carbocycles. The van der Waals surface area contributed by atoms with Crippen molar-refractivity contribution in [2.24, 2.45) is 0 Å². The maximum Gasteiger partial charge on any atom is 2.00 e. The number of carbonyl (C=O) groups is 1. The number of hydrogen-bond acceptors (Lipinski definition) is 3. The third-order valence-corrected chi connectivity index (χ3v) is 2.42. The molecule has 0 spiro atoms. The topological polar surface area (TPSA) is 91.7 Å². The SMILES string of the molecule is C/C(Br)=C(\C(=O)O)S(=O)(=O)O.[Ba+2]. The third-order valence-electron chi connectivity index (χ3n) is 0.765. The number of hydrogen-bond donors (Lipinski definition) is 2. The number of aliphatic carboxylic acids is 1. The predicted octanol–water partition coefficient (Wildman–Crippen LogP) is 0.204. The molecule has 8 heteroatoms. The zero-order valence-electron chi connectivity index (χ0n) is 6.11.